The van der Waals surface area contributed by atoms with Crippen LogP contribution in [0.5, 0.6) is 11.6 Å². The normalized spacial score (nSPS) is 10.8. The van der Waals surface area contributed by atoms with Crippen LogP contribution in [-0.2, 0) is 0 Å². The fourth-order valence-electron chi connectivity index (χ4n) is 1.70. The highest BCUT2D eigenvalue weighted by molar-refractivity contribution is 9.10. The summed E-state index contributed by atoms with van der Waals surface area (Å²) in [5.74, 6) is 2.74. The fourth-order valence-corrected chi connectivity index (χ4v) is 2.41. The second-order valence-corrected chi connectivity index (χ2v) is 6.13. The van der Waals surface area contributed by atoms with E-state index in [1.807, 2.05) is 26.8 Å². The summed E-state index contributed by atoms with van der Waals surface area (Å²) in [5, 5.41) is 3.71. The molecule has 0 bridgehead atoms. The van der Waals surface area contributed by atoms with E-state index in [-0.39, 0.29) is 5.92 Å². The van der Waals surface area contributed by atoms with E-state index in [0.29, 0.717) is 16.7 Å². The van der Waals surface area contributed by atoms with E-state index >= 15 is 0 Å². The minimum atomic E-state index is 0.214. The standard InChI is InChI=1S/C15H17BrClN3O/c1-4-18-13-8-14(20-15(19-13)9(2)3)21-12-6-5-10(16)7-11(12)17/h5-9H,4H2,1-3H3,(H,18,19,20). The number of aromatic nitrogens is 2. The van der Waals surface area contributed by atoms with Crippen molar-refractivity contribution >= 4 is 33.3 Å². The van der Waals surface area contributed by atoms with Gasteiger partial charge in [-0.1, -0.05) is 41.4 Å². The van der Waals surface area contributed by atoms with Gasteiger partial charge in [-0.05, 0) is 25.1 Å². The monoisotopic (exact) mass is 369 g/mol. The van der Waals surface area contributed by atoms with Crippen molar-refractivity contribution in [2.75, 3.05) is 11.9 Å². The number of hydrogen-bond acceptors (Lipinski definition) is 4. The third-order valence-electron chi connectivity index (χ3n) is 2.70. The van der Waals surface area contributed by atoms with Gasteiger partial charge in [0.1, 0.15) is 17.4 Å². The molecule has 2 rings (SSSR count). The number of nitrogens with one attached hydrogen (secondary N) is 1. The molecular weight excluding hydrogens is 354 g/mol. The second kappa shape index (κ2) is 7.09. The van der Waals surface area contributed by atoms with Gasteiger partial charge in [-0.25, -0.2) is 4.98 Å². The molecule has 2 aromatic rings. The summed E-state index contributed by atoms with van der Waals surface area (Å²) in [6, 6.07) is 7.23. The third-order valence-corrected chi connectivity index (χ3v) is 3.49. The first-order chi connectivity index (χ1) is 9.99. The average Bonchev–Trinajstić information content (AvgIpc) is 2.42. The summed E-state index contributed by atoms with van der Waals surface area (Å²) in [6.45, 7) is 6.89. The van der Waals surface area contributed by atoms with Crippen LogP contribution >= 0.6 is 27.5 Å². The van der Waals surface area contributed by atoms with Crippen molar-refractivity contribution < 1.29 is 4.74 Å². The highest BCUT2D eigenvalue weighted by Gasteiger charge is 2.11. The van der Waals surface area contributed by atoms with Gasteiger partial charge in [-0.15, -0.1) is 0 Å². The number of ether oxygens (including phenoxy) is 1. The molecule has 0 aliphatic heterocycles. The van der Waals surface area contributed by atoms with Crippen LogP contribution in [-0.4, -0.2) is 16.5 Å². The largest absolute Gasteiger partial charge is 0.437 e. The van der Waals surface area contributed by atoms with E-state index in [9.17, 15) is 0 Å². The van der Waals surface area contributed by atoms with E-state index in [0.717, 1.165) is 22.7 Å². The predicted molar refractivity (Wildman–Crippen MR) is 89.5 cm³/mol. The molecule has 0 fully saturated rings. The molecule has 0 saturated heterocycles. The summed E-state index contributed by atoms with van der Waals surface area (Å²) < 4.78 is 6.70. The van der Waals surface area contributed by atoms with Gasteiger partial charge in [0.2, 0.25) is 5.88 Å². The van der Waals surface area contributed by atoms with Gasteiger partial charge in [0, 0.05) is 23.0 Å². The molecule has 0 amide bonds. The zero-order chi connectivity index (χ0) is 15.4. The van der Waals surface area contributed by atoms with Gasteiger partial charge in [0.05, 0.1) is 5.02 Å². The molecule has 112 valence electrons. The third kappa shape index (κ3) is 4.32. The van der Waals surface area contributed by atoms with Crippen molar-refractivity contribution in [3.8, 4) is 11.6 Å². The second-order valence-electron chi connectivity index (χ2n) is 4.81. The van der Waals surface area contributed by atoms with Crippen LogP contribution < -0.4 is 10.1 Å². The minimum absolute atomic E-state index is 0.214. The Kier molecular flexibility index (Phi) is 5.42. The zero-order valence-corrected chi connectivity index (χ0v) is 14.5. The average molecular weight is 371 g/mol. The molecule has 0 aliphatic rings. The summed E-state index contributed by atoms with van der Waals surface area (Å²) in [5.41, 5.74) is 0. The molecule has 1 aromatic carbocycles. The maximum absolute atomic E-state index is 6.17. The molecule has 21 heavy (non-hydrogen) atoms. The van der Waals surface area contributed by atoms with E-state index < -0.39 is 0 Å². The first-order valence-electron chi connectivity index (χ1n) is 6.75. The van der Waals surface area contributed by atoms with Gasteiger partial charge >= 0.3 is 0 Å². The molecule has 6 heteroatoms. The van der Waals surface area contributed by atoms with Crippen LogP contribution in [0.1, 0.15) is 32.5 Å². The summed E-state index contributed by atoms with van der Waals surface area (Å²) in [7, 11) is 0. The molecule has 0 atom stereocenters. The van der Waals surface area contributed by atoms with Crippen LogP contribution in [0.25, 0.3) is 0 Å². The lowest BCUT2D eigenvalue weighted by Gasteiger charge is -2.12. The topological polar surface area (TPSA) is 47.0 Å². The number of nitrogens with zero attached hydrogens (tertiary/aromatic N) is 2. The number of benzene rings is 1. The molecule has 1 aromatic heterocycles. The van der Waals surface area contributed by atoms with Crippen LogP contribution in [0, 0.1) is 0 Å². The molecule has 0 saturated carbocycles. The molecule has 0 radical (unpaired) electrons. The Morgan fingerprint density at radius 1 is 1.29 bits per heavy atom. The Balaban J connectivity index is 2.33. The Morgan fingerprint density at radius 2 is 2.05 bits per heavy atom. The van der Waals surface area contributed by atoms with Crippen LogP contribution in [0.2, 0.25) is 5.02 Å². The van der Waals surface area contributed by atoms with Gasteiger partial charge in [-0.3, -0.25) is 0 Å². The highest BCUT2D eigenvalue weighted by atomic mass is 79.9. The lowest BCUT2D eigenvalue weighted by Crippen LogP contribution is -2.05. The Hall–Kier alpha value is -1.33. The maximum Gasteiger partial charge on any atom is 0.224 e. The maximum atomic E-state index is 6.17. The SMILES string of the molecule is CCNc1cc(Oc2ccc(Br)cc2Cl)nc(C(C)C)n1. The predicted octanol–water partition coefficient (Wildman–Crippen LogP) is 5.24. The molecule has 0 aliphatic carbocycles. The van der Waals surface area contributed by atoms with E-state index in [1.165, 1.54) is 0 Å². The number of halogens is 2. The van der Waals surface area contributed by atoms with Gasteiger partial charge in [-0.2, -0.15) is 4.98 Å². The lowest BCUT2D eigenvalue weighted by molar-refractivity contribution is 0.457. The summed E-state index contributed by atoms with van der Waals surface area (Å²) in [4.78, 5) is 8.89. The highest BCUT2D eigenvalue weighted by Crippen LogP contribution is 2.32. The van der Waals surface area contributed by atoms with E-state index in [4.69, 9.17) is 16.3 Å². The van der Waals surface area contributed by atoms with E-state index in [1.54, 1.807) is 18.2 Å². The summed E-state index contributed by atoms with van der Waals surface area (Å²) >= 11 is 9.54. The minimum Gasteiger partial charge on any atom is -0.437 e. The summed E-state index contributed by atoms with van der Waals surface area (Å²) in [6.07, 6.45) is 0. The van der Waals surface area contributed by atoms with Crippen LogP contribution in [0.4, 0.5) is 5.82 Å². The van der Waals surface area contributed by atoms with Crippen molar-refractivity contribution in [1.82, 2.24) is 9.97 Å². The molecule has 0 unspecified atom stereocenters. The van der Waals surface area contributed by atoms with Gasteiger partial charge in [0.15, 0.2) is 0 Å². The van der Waals surface area contributed by atoms with Gasteiger partial charge < -0.3 is 10.1 Å². The first-order valence-corrected chi connectivity index (χ1v) is 7.92. The Morgan fingerprint density at radius 3 is 2.67 bits per heavy atom. The first kappa shape index (κ1) is 16.0. The van der Waals surface area contributed by atoms with Crippen molar-refractivity contribution in [2.24, 2.45) is 0 Å². The van der Waals surface area contributed by atoms with Crippen molar-refractivity contribution in [2.45, 2.75) is 26.7 Å². The number of hydrogen-bond donors (Lipinski definition) is 1. The van der Waals surface area contributed by atoms with Crippen LogP contribution in [0.3, 0.4) is 0 Å². The fraction of sp³-hybridized carbons (Fsp3) is 0.333. The lowest BCUT2D eigenvalue weighted by atomic mass is 10.2. The molecule has 1 heterocycles. The molecule has 4 nitrogen and oxygen atoms in total. The van der Waals surface area contributed by atoms with Crippen molar-refractivity contribution in [3.63, 3.8) is 0 Å². The molecule has 1 N–H and O–H groups in total. The van der Waals surface area contributed by atoms with Gasteiger partial charge in [0.25, 0.3) is 0 Å². The van der Waals surface area contributed by atoms with E-state index in [2.05, 4.69) is 31.2 Å². The molecule has 0 spiro atoms. The number of anilines is 1. The van der Waals surface area contributed by atoms with Crippen LogP contribution in [0.15, 0.2) is 28.7 Å². The quantitative estimate of drug-likeness (QED) is 0.782. The number of rotatable bonds is 5. The molecular formula is C15H17BrClN3O. The Labute approximate surface area is 138 Å². The smallest absolute Gasteiger partial charge is 0.224 e. The zero-order valence-electron chi connectivity index (χ0n) is 12.2. The van der Waals surface area contributed by atoms with Crippen molar-refractivity contribution in [1.29, 1.82) is 0 Å². The Bertz CT molecular complexity index is 634. The van der Waals surface area contributed by atoms with Crippen molar-refractivity contribution in [3.05, 3.63) is 39.6 Å².